The van der Waals surface area contributed by atoms with E-state index in [0.717, 1.165) is 24.3 Å². The zero-order chi connectivity index (χ0) is 11.8. The van der Waals surface area contributed by atoms with Gasteiger partial charge in [0.1, 0.15) is 0 Å². The molecule has 0 rings (SSSR count). The van der Waals surface area contributed by atoms with Crippen LogP contribution in [0.3, 0.4) is 0 Å². The molecular formula is C9H8O6. The highest BCUT2D eigenvalue weighted by atomic mass is 16.4. The molecule has 0 unspecified atom stereocenters. The lowest BCUT2D eigenvalue weighted by molar-refractivity contribution is -0.135. The largest absolute Gasteiger partial charge is 0.502 e. The lowest BCUT2D eigenvalue weighted by Gasteiger charge is -1.86. The molecule has 0 aliphatic carbocycles. The number of ketones is 1. The fourth-order valence-electron chi connectivity index (χ4n) is 0.514. The summed E-state index contributed by atoms with van der Waals surface area (Å²) in [5, 5.41) is 25.0. The number of rotatable bonds is 5. The van der Waals surface area contributed by atoms with Crippen LogP contribution in [0.15, 0.2) is 36.1 Å². The van der Waals surface area contributed by atoms with Crippen molar-refractivity contribution in [1.82, 2.24) is 0 Å². The molecule has 6 nitrogen and oxygen atoms in total. The van der Waals surface area contributed by atoms with Gasteiger partial charge in [0.15, 0.2) is 5.78 Å². The first-order valence-electron chi connectivity index (χ1n) is 3.69. The molecule has 0 saturated heterocycles. The number of hydrogen-bond donors (Lipinski definition) is 3. The minimum absolute atomic E-state index is 0.633. The summed E-state index contributed by atoms with van der Waals surface area (Å²) < 4.78 is 0. The van der Waals surface area contributed by atoms with Gasteiger partial charge in [-0.1, -0.05) is 6.08 Å². The molecule has 0 spiro atoms. The normalized spacial score (nSPS) is 12.1. The van der Waals surface area contributed by atoms with E-state index in [1.54, 1.807) is 0 Å². The molecule has 0 aliphatic rings. The van der Waals surface area contributed by atoms with Crippen LogP contribution in [0.1, 0.15) is 0 Å². The Hall–Kier alpha value is -2.37. The van der Waals surface area contributed by atoms with Crippen LogP contribution in [-0.2, 0) is 14.4 Å². The van der Waals surface area contributed by atoms with Gasteiger partial charge in [-0.3, -0.25) is 4.79 Å². The number of aliphatic hydroxyl groups excluding tert-OH is 1. The second-order valence-corrected chi connectivity index (χ2v) is 2.29. The SMILES string of the molecule is O=C(O)/C=C/C(=O)/C=C\C=C(\O)C(=O)O. The molecule has 0 amide bonds. The zero-order valence-corrected chi connectivity index (χ0v) is 7.45. The summed E-state index contributed by atoms with van der Waals surface area (Å²) in [4.78, 5) is 30.8. The van der Waals surface area contributed by atoms with Gasteiger partial charge in [-0.05, 0) is 18.2 Å². The van der Waals surface area contributed by atoms with Crippen molar-refractivity contribution in [3.8, 4) is 0 Å². The molecule has 0 bridgehead atoms. The maximum Gasteiger partial charge on any atom is 0.370 e. The highest BCUT2D eigenvalue weighted by Gasteiger charge is 2.00. The summed E-state index contributed by atoms with van der Waals surface area (Å²) in [7, 11) is 0. The molecular weight excluding hydrogens is 204 g/mol. The van der Waals surface area contributed by atoms with Gasteiger partial charge < -0.3 is 15.3 Å². The average Bonchev–Trinajstić information content (AvgIpc) is 2.14. The van der Waals surface area contributed by atoms with Gasteiger partial charge in [0.25, 0.3) is 0 Å². The van der Waals surface area contributed by atoms with E-state index in [1.807, 2.05) is 0 Å². The van der Waals surface area contributed by atoms with Gasteiger partial charge in [0.05, 0.1) is 0 Å². The van der Waals surface area contributed by atoms with Gasteiger partial charge in [0, 0.05) is 6.08 Å². The van der Waals surface area contributed by atoms with E-state index in [2.05, 4.69) is 0 Å². The highest BCUT2D eigenvalue weighted by molar-refractivity contribution is 6.02. The summed E-state index contributed by atoms with van der Waals surface area (Å²) in [6.45, 7) is 0. The molecule has 0 saturated carbocycles. The number of aliphatic hydroxyl groups is 1. The van der Waals surface area contributed by atoms with Crippen molar-refractivity contribution >= 4 is 17.7 Å². The molecule has 0 atom stereocenters. The summed E-state index contributed by atoms with van der Waals surface area (Å²) in [5.41, 5.74) is 0. The van der Waals surface area contributed by atoms with E-state index in [1.165, 1.54) is 0 Å². The van der Waals surface area contributed by atoms with Crippen molar-refractivity contribution < 1.29 is 29.7 Å². The Balaban J connectivity index is 4.31. The molecule has 15 heavy (non-hydrogen) atoms. The Labute approximate surface area is 84.5 Å². The van der Waals surface area contributed by atoms with Crippen LogP contribution in [-0.4, -0.2) is 33.0 Å². The van der Waals surface area contributed by atoms with E-state index < -0.39 is 23.5 Å². The molecule has 6 heteroatoms. The predicted octanol–water partition coefficient (Wildman–Crippen LogP) is 0.279. The van der Waals surface area contributed by atoms with E-state index in [0.29, 0.717) is 6.08 Å². The van der Waals surface area contributed by atoms with Crippen LogP contribution in [0.4, 0.5) is 0 Å². The first-order chi connectivity index (χ1) is 6.93. The van der Waals surface area contributed by atoms with Gasteiger partial charge in [-0.25, -0.2) is 9.59 Å². The van der Waals surface area contributed by atoms with Crippen LogP contribution in [0.5, 0.6) is 0 Å². The quantitative estimate of drug-likeness (QED) is 0.343. The minimum Gasteiger partial charge on any atom is -0.502 e. The third kappa shape index (κ3) is 6.76. The van der Waals surface area contributed by atoms with Gasteiger partial charge in [-0.2, -0.15) is 0 Å². The third-order valence-corrected chi connectivity index (χ3v) is 1.12. The molecule has 0 aliphatic heterocycles. The van der Waals surface area contributed by atoms with E-state index in [9.17, 15) is 14.4 Å². The van der Waals surface area contributed by atoms with Crippen LogP contribution in [0, 0.1) is 0 Å². The lowest BCUT2D eigenvalue weighted by atomic mass is 10.3. The van der Waals surface area contributed by atoms with Gasteiger partial charge in [-0.15, -0.1) is 0 Å². The van der Waals surface area contributed by atoms with Crippen LogP contribution in [0.25, 0.3) is 0 Å². The molecule has 0 aromatic rings. The Kier molecular flexibility index (Phi) is 5.17. The number of carboxylic acids is 2. The Morgan fingerprint density at radius 3 is 1.93 bits per heavy atom. The number of carbonyl (C=O) groups is 3. The van der Waals surface area contributed by atoms with Crippen molar-refractivity contribution in [2.75, 3.05) is 0 Å². The maximum atomic E-state index is 10.8. The monoisotopic (exact) mass is 212 g/mol. The second kappa shape index (κ2) is 6.14. The number of hydrogen-bond acceptors (Lipinski definition) is 4. The molecule has 80 valence electrons. The smallest absolute Gasteiger partial charge is 0.370 e. The predicted molar refractivity (Wildman–Crippen MR) is 49.3 cm³/mol. The molecule has 0 radical (unpaired) electrons. The summed E-state index contributed by atoms with van der Waals surface area (Å²) in [5.74, 6) is -4.33. The van der Waals surface area contributed by atoms with Crippen molar-refractivity contribution in [2.24, 2.45) is 0 Å². The molecule has 0 fully saturated rings. The second-order valence-electron chi connectivity index (χ2n) is 2.29. The van der Waals surface area contributed by atoms with Crippen molar-refractivity contribution in [3.63, 3.8) is 0 Å². The van der Waals surface area contributed by atoms with Gasteiger partial charge in [0.2, 0.25) is 5.76 Å². The van der Waals surface area contributed by atoms with Crippen molar-refractivity contribution in [1.29, 1.82) is 0 Å². The Morgan fingerprint density at radius 1 is 0.867 bits per heavy atom. The van der Waals surface area contributed by atoms with Gasteiger partial charge >= 0.3 is 11.9 Å². The fraction of sp³-hybridized carbons (Fsp3) is 0. The van der Waals surface area contributed by atoms with Crippen LogP contribution < -0.4 is 0 Å². The number of aliphatic carboxylic acids is 2. The lowest BCUT2D eigenvalue weighted by Crippen LogP contribution is -1.98. The van der Waals surface area contributed by atoms with E-state index in [4.69, 9.17) is 15.3 Å². The Morgan fingerprint density at radius 2 is 1.47 bits per heavy atom. The highest BCUT2D eigenvalue weighted by Crippen LogP contribution is 1.89. The molecule has 0 aromatic heterocycles. The maximum absolute atomic E-state index is 10.8. The summed E-state index contributed by atoms with van der Waals surface area (Å²) in [6, 6.07) is 0. The third-order valence-electron chi connectivity index (χ3n) is 1.12. The number of allylic oxidation sites excluding steroid dienone is 4. The number of carboxylic acid groups (broad SMARTS) is 2. The summed E-state index contributed by atoms with van der Waals surface area (Å²) >= 11 is 0. The van der Waals surface area contributed by atoms with E-state index >= 15 is 0 Å². The van der Waals surface area contributed by atoms with E-state index in [-0.39, 0.29) is 0 Å². The minimum atomic E-state index is -1.52. The Bertz CT molecular complexity index is 361. The van der Waals surface area contributed by atoms with Crippen LogP contribution >= 0.6 is 0 Å². The zero-order valence-electron chi connectivity index (χ0n) is 7.45. The standard InChI is InChI=1S/C9H8O6/c10-6(4-5-8(12)13)2-1-3-7(11)9(14)15/h1-5,11H,(H,12,13)(H,14,15)/b2-1-,5-4+,7-3+. The molecule has 0 heterocycles. The number of carbonyl (C=O) groups excluding carboxylic acids is 1. The first-order valence-corrected chi connectivity index (χ1v) is 3.69. The van der Waals surface area contributed by atoms with Crippen LogP contribution in [0.2, 0.25) is 0 Å². The first kappa shape index (κ1) is 12.6. The summed E-state index contributed by atoms with van der Waals surface area (Å²) in [6.07, 6.45) is 4.16. The molecule has 0 aromatic carbocycles. The van der Waals surface area contributed by atoms with Crippen molar-refractivity contribution in [3.05, 3.63) is 36.1 Å². The van der Waals surface area contributed by atoms with Crippen molar-refractivity contribution in [2.45, 2.75) is 0 Å². The molecule has 3 N–H and O–H groups in total. The topological polar surface area (TPSA) is 112 Å². The average molecular weight is 212 g/mol. The fourth-order valence-corrected chi connectivity index (χ4v) is 0.514.